The Kier molecular flexibility index (Phi) is 4.82. The summed E-state index contributed by atoms with van der Waals surface area (Å²) in [5.74, 6) is 0.325. The Labute approximate surface area is 91.8 Å². The molecule has 80 valence electrons. The summed E-state index contributed by atoms with van der Waals surface area (Å²) in [6.45, 7) is 5.69. The molecule has 1 rings (SSSR count). The van der Waals surface area contributed by atoms with E-state index in [9.17, 15) is 4.79 Å². The number of allylic oxidation sites excluding steroid dienone is 1. The first kappa shape index (κ1) is 11.7. The molecule has 0 heterocycles. The highest BCUT2D eigenvalue weighted by Gasteiger charge is 2.04. The van der Waals surface area contributed by atoms with Crippen LogP contribution in [0.5, 0.6) is 0 Å². The zero-order chi connectivity index (χ0) is 11.1. The van der Waals surface area contributed by atoms with Crippen LogP contribution in [0.25, 0.3) is 0 Å². The lowest BCUT2D eigenvalue weighted by atomic mass is 10.0. The summed E-state index contributed by atoms with van der Waals surface area (Å²) < 4.78 is 0. The number of carbonyl (C=O) groups excluding carboxylic acids is 1. The quantitative estimate of drug-likeness (QED) is 0.510. The number of carbonyl (C=O) groups is 1. The van der Waals surface area contributed by atoms with Gasteiger partial charge < -0.3 is 0 Å². The fraction of sp³-hybridized carbons (Fsp3) is 0.357. The molecule has 0 amide bonds. The van der Waals surface area contributed by atoms with Gasteiger partial charge in [-0.15, -0.1) is 6.58 Å². The Bertz CT molecular complexity index is 339. The fourth-order valence-electron chi connectivity index (χ4n) is 1.55. The second-order valence-corrected chi connectivity index (χ2v) is 3.82. The molecule has 0 unspecified atom stereocenters. The molecule has 0 aliphatic carbocycles. The molecule has 1 heteroatoms. The van der Waals surface area contributed by atoms with Crippen LogP contribution in [0.1, 0.15) is 30.4 Å². The average molecular weight is 202 g/mol. The van der Waals surface area contributed by atoms with Gasteiger partial charge in [0.25, 0.3) is 0 Å². The van der Waals surface area contributed by atoms with Crippen molar-refractivity contribution in [1.29, 1.82) is 0 Å². The van der Waals surface area contributed by atoms with Crippen molar-refractivity contribution in [3.63, 3.8) is 0 Å². The molecule has 1 aromatic carbocycles. The maximum Gasteiger partial charge on any atom is 0.137 e. The van der Waals surface area contributed by atoms with E-state index in [1.807, 2.05) is 37.3 Å². The van der Waals surface area contributed by atoms with Crippen LogP contribution < -0.4 is 0 Å². The topological polar surface area (TPSA) is 17.1 Å². The van der Waals surface area contributed by atoms with Gasteiger partial charge in [0.05, 0.1) is 0 Å². The number of rotatable bonds is 6. The van der Waals surface area contributed by atoms with Crippen molar-refractivity contribution in [2.24, 2.45) is 0 Å². The number of hydrogen-bond donors (Lipinski definition) is 0. The second kappa shape index (κ2) is 6.18. The fourth-order valence-corrected chi connectivity index (χ4v) is 1.55. The van der Waals surface area contributed by atoms with Crippen LogP contribution in [0.4, 0.5) is 0 Å². The summed E-state index contributed by atoms with van der Waals surface area (Å²) >= 11 is 0. The Hall–Kier alpha value is -1.37. The van der Waals surface area contributed by atoms with Crippen LogP contribution in [-0.2, 0) is 11.2 Å². The summed E-state index contributed by atoms with van der Waals surface area (Å²) in [5.41, 5.74) is 2.36. The van der Waals surface area contributed by atoms with Crippen molar-refractivity contribution in [3.05, 3.63) is 48.0 Å². The monoisotopic (exact) mass is 202 g/mol. The maximum absolute atomic E-state index is 11.6. The SMILES string of the molecule is C=CCCCC(=O)Cc1ccccc1C. The van der Waals surface area contributed by atoms with Crippen LogP contribution in [-0.4, -0.2) is 5.78 Å². The third-order valence-corrected chi connectivity index (χ3v) is 2.51. The van der Waals surface area contributed by atoms with Gasteiger partial charge in [-0.25, -0.2) is 0 Å². The smallest absolute Gasteiger partial charge is 0.137 e. The summed E-state index contributed by atoms with van der Waals surface area (Å²) in [4.78, 5) is 11.6. The minimum Gasteiger partial charge on any atom is -0.299 e. The Morgan fingerprint density at radius 2 is 2.13 bits per heavy atom. The minimum absolute atomic E-state index is 0.325. The van der Waals surface area contributed by atoms with Gasteiger partial charge in [0, 0.05) is 12.8 Å². The molecule has 0 saturated heterocycles. The van der Waals surface area contributed by atoms with Gasteiger partial charge in [0.2, 0.25) is 0 Å². The molecule has 0 spiro atoms. The molecule has 1 aromatic rings. The zero-order valence-corrected chi connectivity index (χ0v) is 9.33. The molecule has 0 N–H and O–H groups in total. The van der Waals surface area contributed by atoms with Crippen LogP contribution in [0, 0.1) is 6.92 Å². The number of ketones is 1. The Balaban J connectivity index is 2.44. The molecule has 0 radical (unpaired) electrons. The highest BCUT2D eigenvalue weighted by Crippen LogP contribution is 2.10. The van der Waals surface area contributed by atoms with E-state index in [-0.39, 0.29) is 0 Å². The highest BCUT2D eigenvalue weighted by molar-refractivity contribution is 5.81. The predicted molar refractivity (Wildman–Crippen MR) is 63.9 cm³/mol. The van der Waals surface area contributed by atoms with Crippen molar-refractivity contribution in [2.75, 3.05) is 0 Å². The molecule has 0 bridgehead atoms. The third kappa shape index (κ3) is 4.11. The number of unbranched alkanes of at least 4 members (excludes halogenated alkanes) is 1. The first-order valence-corrected chi connectivity index (χ1v) is 5.41. The van der Waals surface area contributed by atoms with Gasteiger partial charge in [-0.2, -0.15) is 0 Å². The molecule has 0 aliphatic rings. The largest absolute Gasteiger partial charge is 0.299 e. The maximum atomic E-state index is 11.6. The van der Waals surface area contributed by atoms with E-state index in [1.54, 1.807) is 0 Å². The molecular weight excluding hydrogens is 184 g/mol. The highest BCUT2D eigenvalue weighted by atomic mass is 16.1. The van der Waals surface area contributed by atoms with Gasteiger partial charge in [-0.05, 0) is 30.9 Å². The van der Waals surface area contributed by atoms with Crippen LogP contribution in [0.2, 0.25) is 0 Å². The average Bonchev–Trinajstić information content (AvgIpc) is 2.22. The van der Waals surface area contributed by atoms with Crippen molar-refractivity contribution >= 4 is 5.78 Å². The van der Waals surface area contributed by atoms with Crippen LogP contribution >= 0.6 is 0 Å². The lowest BCUT2D eigenvalue weighted by Gasteiger charge is -2.04. The summed E-state index contributed by atoms with van der Waals surface area (Å²) in [7, 11) is 0. The van der Waals surface area contributed by atoms with Gasteiger partial charge in [0.15, 0.2) is 0 Å². The summed E-state index contributed by atoms with van der Waals surface area (Å²) in [6.07, 6.45) is 4.96. The normalized spacial score (nSPS) is 9.93. The van der Waals surface area contributed by atoms with E-state index in [0.717, 1.165) is 18.4 Å². The van der Waals surface area contributed by atoms with Gasteiger partial charge >= 0.3 is 0 Å². The Morgan fingerprint density at radius 3 is 2.80 bits per heavy atom. The molecule has 15 heavy (non-hydrogen) atoms. The van der Waals surface area contributed by atoms with Crippen molar-refractivity contribution in [2.45, 2.75) is 32.6 Å². The van der Waals surface area contributed by atoms with E-state index in [4.69, 9.17) is 0 Å². The number of hydrogen-bond acceptors (Lipinski definition) is 1. The molecule has 0 aromatic heterocycles. The standard InChI is InChI=1S/C14H18O/c1-3-4-5-10-14(15)11-13-9-7-6-8-12(13)2/h3,6-9H,1,4-5,10-11H2,2H3. The van der Waals surface area contributed by atoms with Gasteiger partial charge in [0.1, 0.15) is 5.78 Å². The molecule has 0 saturated carbocycles. The van der Waals surface area contributed by atoms with E-state index in [1.165, 1.54) is 5.56 Å². The molecule has 0 fully saturated rings. The van der Waals surface area contributed by atoms with Crippen molar-refractivity contribution in [3.8, 4) is 0 Å². The Morgan fingerprint density at radius 1 is 1.40 bits per heavy atom. The number of Topliss-reactive ketones (excluding diaryl/α,β-unsaturated/α-hetero) is 1. The molecular formula is C14H18O. The van der Waals surface area contributed by atoms with Crippen LogP contribution in [0.15, 0.2) is 36.9 Å². The van der Waals surface area contributed by atoms with E-state index >= 15 is 0 Å². The van der Waals surface area contributed by atoms with Gasteiger partial charge in [-0.3, -0.25) is 4.79 Å². The van der Waals surface area contributed by atoms with Crippen molar-refractivity contribution in [1.82, 2.24) is 0 Å². The zero-order valence-electron chi connectivity index (χ0n) is 9.33. The van der Waals surface area contributed by atoms with E-state index < -0.39 is 0 Å². The lowest BCUT2D eigenvalue weighted by Crippen LogP contribution is -2.03. The molecule has 1 nitrogen and oxygen atoms in total. The lowest BCUT2D eigenvalue weighted by molar-refractivity contribution is -0.118. The number of benzene rings is 1. The molecule has 0 aliphatic heterocycles. The molecule has 0 atom stereocenters. The summed E-state index contributed by atoms with van der Waals surface area (Å²) in [6, 6.07) is 8.06. The first-order valence-electron chi connectivity index (χ1n) is 5.41. The third-order valence-electron chi connectivity index (χ3n) is 2.51. The second-order valence-electron chi connectivity index (χ2n) is 3.82. The summed E-state index contributed by atoms with van der Waals surface area (Å²) in [5, 5.41) is 0. The minimum atomic E-state index is 0.325. The number of aryl methyl sites for hydroxylation is 1. The van der Waals surface area contributed by atoms with Gasteiger partial charge in [-0.1, -0.05) is 30.3 Å². The first-order chi connectivity index (χ1) is 7.24. The van der Waals surface area contributed by atoms with Crippen LogP contribution in [0.3, 0.4) is 0 Å². The van der Waals surface area contributed by atoms with E-state index in [0.29, 0.717) is 18.6 Å². The van der Waals surface area contributed by atoms with Crippen molar-refractivity contribution < 1.29 is 4.79 Å². The van der Waals surface area contributed by atoms with E-state index in [2.05, 4.69) is 6.58 Å². The predicted octanol–water partition coefficient (Wildman–Crippen LogP) is 3.46.